The number of rotatable bonds is 4. The zero-order valence-electron chi connectivity index (χ0n) is 17.6. The van der Waals surface area contributed by atoms with Gasteiger partial charge in [-0.2, -0.15) is 24.9 Å². The quantitative estimate of drug-likeness (QED) is 0.714. The molecule has 3 fully saturated rings. The van der Waals surface area contributed by atoms with Crippen LogP contribution in [0.15, 0.2) is 24.5 Å². The Morgan fingerprint density at radius 2 is 1.84 bits per heavy atom. The molecule has 11 heteroatoms. The Labute approximate surface area is 188 Å². The van der Waals surface area contributed by atoms with Crippen LogP contribution in [-0.4, -0.2) is 76.0 Å². The second-order valence-electron chi connectivity index (χ2n) is 8.20. The zero-order valence-corrected chi connectivity index (χ0v) is 18.4. The molecule has 1 N–H and O–H groups in total. The first kappa shape index (κ1) is 24.8. The van der Waals surface area contributed by atoms with Crippen molar-refractivity contribution in [2.24, 2.45) is 5.92 Å². The number of hydrogen-bond acceptors (Lipinski definition) is 6. The number of hydrogen-bond donors (Lipinski definition) is 1. The highest BCUT2D eigenvalue weighted by Gasteiger charge is 2.50. The summed E-state index contributed by atoms with van der Waals surface area (Å²) in [6, 6.07) is 3.97. The first-order chi connectivity index (χ1) is 15.2. The lowest BCUT2D eigenvalue weighted by Crippen LogP contribution is -2.68. The molecule has 178 valence electrons. The Balaban J connectivity index is 0.000000360. The van der Waals surface area contributed by atoms with Gasteiger partial charge in [-0.15, -0.1) is 0 Å². The maximum absolute atomic E-state index is 12.6. The molecular weight excluding hydrogens is 449 g/mol. The molecule has 0 saturated carbocycles. The SMILES string of the molecule is O=C(C1CCSCC1)N1CC2(CC(OCc3ccncc3)CCO2)C1.O=C(O)C(F)(F)F. The van der Waals surface area contributed by atoms with Crippen LogP contribution >= 0.6 is 11.8 Å². The maximum atomic E-state index is 12.6. The maximum Gasteiger partial charge on any atom is 0.490 e. The molecule has 4 rings (SSSR count). The number of alkyl halides is 3. The fourth-order valence-corrected chi connectivity index (χ4v) is 5.15. The van der Waals surface area contributed by atoms with Crippen molar-refractivity contribution in [2.45, 2.75) is 50.2 Å². The van der Waals surface area contributed by atoms with Crippen LogP contribution in [0.25, 0.3) is 0 Å². The number of carboxylic acids is 1. The number of pyridine rings is 1. The predicted molar refractivity (Wildman–Crippen MR) is 111 cm³/mol. The van der Waals surface area contributed by atoms with Gasteiger partial charge in [0.05, 0.1) is 25.8 Å². The molecule has 0 bridgehead atoms. The second-order valence-corrected chi connectivity index (χ2v) is 9.42. The molecule has 1 atom stereocenters. The van der Waals surface area contributed by atoms with Crippen LogP contribution in [0.5, 0.6) is 0 Å². The Kier molecular flexibility index (Phi) is 8.40. The molecule has 1 spiro atoms. The minimum atomic E-state index is -5.08. The average molecular weight is 477 g/mol. The van der Waals surface area contributed by atoms with Crippen molar-refractivity contribution < 1.29 is 37.3 Å². The summed E-state index contributed by atoms with van der Waals surface area (Å²) in [5, 5.41) is 7.12. The number of ether oxygens (including phenoxy) is 2. The third-order valence-corrected chi connectivity index (χ3v) is 6.81. The van der Waals surface area contributed by atoms with Gasteiger partial charge in [0.1, 0.15) is 5.60 Å². The predicted octanol–water partition coefficient (Wildman–Crippen LogP) is 3.13. The molecule has 3 saturated heterocycles. The van der Waals surface area contributed by atoms with Crippen molar-refractivity contribution in [2.75, 3.05) is 31.2 Å². The first-order valence-corrected chi connectivity index (χ1v) is 11.7. The Bertz CT molecular complexity index is 768. The molecule has 0 aromatic carbocycles. The van der Waals surface area contributed by atoms with Crippen LogP contribution in [0.2, 0.25) is 0 Å². The first-order valence-electron chi connectivity index (χ1n) is 10.5. The lowest BCUT2D eigenvalue weighted by molar-refractivity contribution is -0.204. The van der Waals surface area contributed by atoms with Gasteiger partial charge in [-0.1, -0.05) is 0 Å². The van der Waals surface area contributed by atoms with E-state index in [1.807, 2.05) is 28.8 Å². The molecule has 3 aliphatic heterocycles. The normalized spacial score (nSPS) is 23.1. The molecule has 1 unspecified atom stereocenters. The van der Waals surface area contributed by atoms with Crippen molar-refractivity contribution in [3.63, 3.8) is 0 Å². The number of amides is 1. The van der Waals surface area contributed by atoms with E-state index in [1.54, 1.807) is 12.4 Å². The number of aromatic nitrogens is 1. The largest absolute Gasteiger partial charge is 0.490 e. The average Bonchev–Trinajstić information content (AvgIpc) is 2.77. The fourth-order valence-electron chi connectivity index (χ4n) is 4.05. The highest BCUT2D eigenvalue weighted by molar-refractivity contribution is 7.99. The standard InChI is InChI=1S/C19H26N2O3S.C2HF3O2/c22-18(16-4-9-25-10-5-16)21-13-19(14-21)11-17(3-8-24-19)23-12-15-1-6-20-7-2-15;3-2(4,5)1(6)7/h1-2,6-7,16-17H,3-5,8-14H2;(H,6,7). The minimum absolute atomic E-state index is 0.166. The van der Waals surface area contributed by atoms with Crippen LogP contribution in [0, 0.1) is 5.92 Å². The number of thioether (sulfide) groups is 1. The van der Waals surface area contributed by atoms with E-state index in [9.17, 15) is 18.0 Å². The number of carbonyl (C=O) groups excluding carboxylic acids is 1. The Hall–Kier alpha value is -1.85. The van der Waals surface area contributed by atoms with Gasteiger partial charge in [0.25, 0.3) is 0 Å². The second kappa shape index (κ2) is 10.8. The third-order valence-electron chi connectivity index (χ3n) is 5.77. The number of carbonyl (C=O) groups is 2. The van der Waals surface area contributed by atoms with Crippen molar-refractivity contribution >= 4 is 23.6 Å². The number of halogens is 3. The van der Waals surface area contributed by atoms with Crippen LogP contribution in [-0.2, 0) is 25.7 Å². The smallest absolute Gasteiger partial charge is 0.475 e. The van der Waals surface area contributed by atoms with E-state index in [0.717, 1.165) is 62.4 Å². The third kappa shape index (κ3) is 6.82. The van der Waals surface area contributed by atoms with Gasteiger partial charge in [0, 0.05) is 31.3 Å². The molecule has 32 heavy (non-hydrogen) atoms. The van der Waals surface area contributed by atoms with Crippen molar-refractivity contribution in [3.05, 3.63) is 30.1 Å². The Morgan fingerprint density at radius 1 is 1.22 bits per heavy atom. The summed E-state index contributed by atoms with van der Waals surface area (Å²) in [6.45, 7) is 2.82. The van der Waals surface area contributed by atoms with Gasteiger partial charge < -0.3 is 19.5 Å². The van der Waals surface area contributed by atoms with Crippen LogP contribution in [0.1, 0.15) is 31.2 Å². The van der Waals surface area contributed by atoms with Gasteiger partial charge >= 0.3 is 12.1 Å². The summed E-state index contributed by atoms with van der Waals surface area (Å²) in [7, 11) is 0. The van der Waals surface area contributed by atoms with E-state index in [0.29, 0.717) is 12.5 Å². The number of aliphatic carboxylic acids is 1. The van der Waals surface area contributed by atoms with E-state index in [-0.39, 0.29) is 17.6 Å². The van der Waals surface area contributed by atoms with Gasteiger partial charge in [-0.25, -0.2) is 4.79 Å². The van der Waals surface area contributed by atoms with E-state index < -0.39 is 12.1 Å². The molecule has 7 nitrogen and oxygen atoms in total. The molecule has 1 aromatic rings. The summed E-state index contributed by atoms with van der Waals surface area (Å²) >= 11 is 1.96. The molecule has 1 aromatic heterocycles. The number of nitrogens with zero attached hydrogens (tertiary/aromatic N) is 2. The summed E-state index contributed by atoms with van der Waals surface area (Å²) < 4.78 is 43.9. The van der Waals surface area contributed by atoms with Gasteiger partial charge in [-0.05, 0) is 48.5 Å². The summed E-state index contributed by atoms with van der Waals surface area (Å²) in [4.78, 5) is 27.6. The van der Waals surface area contributed by atoms with E-state index in [1.165, 1.54) is 0 Å². The number of likely N-dealkylation sites (tertiary alicyclic amines) is 1. The number of carboxylic acid groups (broad SMARTS) is 1. The molecule has 4 heterocycles. The summed E-state index contributed by atoms with van der Waals surface area (Å²) in [5.74, 6) is 0.0657. The highest BCUT2D eigenvalue weighted by atomic mass is 32.2. The van der Waals surface area contributed by atoms with E-state index in [4.69, 9.17) is 19.4 Å². The van der Waals surface area contributed by atoms with Crippen molar-refractivity contribution in [1.29, 1.82) is 0 Å². The molecule has 1 amide bonds. The molecule has 0 aliphatic carbocycles. The Morgan fingerprint density at radius 3 is 2.44 bits per heavy atom. The lowest BCUT2D eigenvalue weighted by atomic mass is 9.83. The van der Waals surface area contributed by atoms with Crippen molar-refractivity contribution in [1.82, 2.24) is 9.88 Å². The van der Waals surface area contributed by atoms with E-state index in [2.05, 4.69) is 4.98 Å². The van der Waals surface area contributed by atoms with Crippen LogP contribution in [0.4, 0.5) is 13.2 Å². The monoisotopic (exact) mass is 476 g/mol. The fraction of sp³-hybridized carbons (Fsp3) is 0.667. The van der Waals surface area contributed by atoms with Crippen molar-refractivity contribution in [3.8, 4) is 0 Å². The summed E-state index contributed by atoms with van der Waals surface area (Å²) in [6.07, 6.45) is 2.61. The van der Waals surface area contributed by atoms with Crippen LogP contribution in [0.3, 0.4) is 0 Å². The molecule has 0 radical (unpaired) electrons. The minimum Gasteiger partial charge on any atom is -0.475 e. The molecule has 3 aliphatic rings. The lowest BCUT2D eigenvalue weighted by Gasteiger charge is -2.53. The van der Waals surface area contributed by atoms with Gasteiger partial charge in [0.2, 0.25) is 5.91 Å². The van der Waals surface area contributed by atoms with Crippen LogP contribution < -0.4 is 0 Å². The summed E-state index contributed by atoms with van der Waals surface area (Å²) in [5.41, 5.74) is 0.983. The topological polar surface area (TPSA) is 89.0 Å². The zero-order chi connectivity index (χ0) is 23.2. The van der Waals surface area contributed by atoms with Gasteiger partial charge in [0.15, 0.2) is 0 Å². The molecular formula is C21H27F3N2O5S. The van der Waals surface area contributed by atoms with Gasteiger partial charge in [-0.3, -0.25) is 9.78 Å². The highest BCUT2D eigenvalue weighted by Crippen LogP contribution is 2.37. The van der Waals surface area contributed by atoms with E-state index >= 15 is 0 Å².